The molecule has 2 aromatic rings. The van der Waals surface area contributed by atoms with Gasteiger partial charge in [-0.3, -0.25) is 4.90 Å². The van der Waals surface area contributed by atoms with E-state index in [9.17, 15) is 0 Å². The molecule has 4 rings (SSSR count). The first-order valence-corrected chi connectivity index (χ1v) is 6.83. The van der Waals surface area contributed by atoms with Gasteiger partial charge in [0, 0.05) is 42.9 Å². The molecule has 19 heavy (non-hydrogen) atoms. The van der Waals surface area contributed by atoms with Gasteiger partial charge in [-0.1, -0.05) is 0 Å². The van der Waals surface area contributed by atoms with E-state index in [1.165, 1.54) is 30.5 Å². The molecule has 0 unspecified atom stereocenters. The molecule has 1 fully saturated rings. The van der Waals surface area contributed by atoms with Crippen LogP contribution in [0.3, 0.4) is 0 Å². The van der Waals surface area contributed by atoms with Crippen molar-refractivity contribution in [3.8, 4) is 0 Å². The summed E-state index contributed by atoms with van der Waals surface area (Å²) in [6, 6.07) is 0. The topological polar surface area (TPSA) is 55.1 Å². The predicted molar refractivity (Wildman–Crippen MR) is 68.3 cm³/mol. The third-order valence-corrected chi connectivity index (χ3v) is 3.84. The van der Waals surface area contributed by atoms with Crippen LogP contribution in [0.25, 0.3) is 0 Å². The van der Waals surface area contributed by atoms with Crippen molar-refractivity contribution >= 4 is 0 Å². The van der Waals surface area contributed by atoms with Crippen LogP contribution in [-0.4, -0.2) is 26.4 Å². The maximum atomic E-state index is 5.30. The maximum absolute atomic E-state index is 5.30. The molecule has 1 aliphatic heterocycles. The quantitative estimate of drug-likeness (QED) is 0.839. The molecular formula is C14H16N4O. The Hall–Kier alpha value is -1.75. The summed E-state index contributed by atoms with van der Waals surface area (Å²) in [6.07, 6.45) is 8.81. The molecule has 1 saturated carbocycles. The van der Waals surface area contributed by atoms with Crippen molar-refractivity contribution in [3.05, 3.63) is 41.6 Å². The molecule has 0 aromatic carbocycles. The summed E-state index contributed by atoms with van der Waals surface area (Å²) >= 11 is 0. The van der Waals surface area contributed by atoms with E-state index in [1.807, 2.05) is 6.20 Å². The molecule has 0 atom stereocenters. The molecule has 0 amide bonds. The van der Waals surface area contributed by atoms with E-state index in [4.69, 9.17) is 9.40 Å². The van der Waals surface area contributed by atoms with Crippen LogP contribution in [-0.2, 0) is 19.5 Å². The predicted octanol–water partition coefficient (Wildman–Crippen LogP) is 1.90. The highest BCUT2D eigenvalue weighted by atomic mass is 16.3. The van der Waals surface area contributed by atoms with E-state index in [0.29, 0.717) is 5.92 Å². The number of hydrogen-bond acceptors (Lipinski definition) is 5. The van der Waals surface area contributed by atoms with Gasteiger partial charge in [-0.15, -0.1) is 0 Å². The average molecular weight is 256 g/mol. The maximum Gasteiger partial charge on any atom is 0.180 e. The molecule has 0 spiro atoms. The summed E-state index contributed by atoms with van der Waals surface area (Å²) < 4.78 is 5.30. The number of hydrogen-bond donors (Lipinski definition) is 0. The molecule has 2 aromatic heterocycles. The number of nitrogens with zero attached hydrogens (tertiary/aromatic N) is 4. The standard InChI is InChI=1S/C14H16N4O/c1-2-10(1)14-16-5-11-7-18(4-3-13(11)17-14)8-12-6-15-9-19-12/h5-6,9-10H,1-4,7-8H2. The fourth-order valence-corrected chi connectivity index (χ4v) is 2.60. The minimum Gasteiger partial charge on any atom is -0.447 e. The number of aromatic nitrogens is 3. The van der Waals surface area contributed by atoms with Gasteiger partial charge in [0.2, 0.25) is 0 Å². The van der Waals surface area contributed by atoms with E-state index in [2.05, 4.69) is 14.9 Å². The molecule has 1 aliphatic carbocycles. The third kappa shape index (κ3) is 2.26. The van der Waals surface area contributed by atoms with Gasteiger partial charge < -0.3 is 4.42 Å². The smallest absolute Gasteiger partial charge is 0.180 e. The molecule has 0 N–H and O–H groups in total. The summed E-state index contributed by atoms with van der Waals surface area (Å²) in [5.41, 5.74) is 2.50. The van der Waals surface area contributed by atoms with Crippen molar-refractivity contribution in [3.63, 3.8) is 0 Å². The molecule has 98 valence electrons. The Morgan fingerprint density at radius 2 is 2.26 bits per heavy atom. The molecule has 0 bridgehead atoms. The van der Waals surface area contributed by atoms with Crippen molar-refractivity contribution < 1.29 is 4.42 Å². The minimum absolute atomic E-state index is 0.637. The fourth-order valence-electron chi connectivity index (χ4n) is 2.60. The van der Waals surface area contributed by atoms with Gasteiger partial charge in [0.25, 0.3) is 0 Å². The Balaban J connectivity index is 1.50. The Kier molecular flexibility index (Phi) is 2.58. The van der Waals surface area contributed by atoms with Crippen molar-refractivity contribution in [1.82, 2.24) is 19.9 Å². The fraction of sp³-hybridized carbons (Fsp3) is 0.500. The van der Waals surface area contributed by atoms with Crippen LogP contribution in [0, 0.1) is 0 Å². The Labute approximate surface area is 111 Å². The zero-order valence-electron chi connectivity index (χ0n) is 10.7. The summed E-state index contributed by atoms with van der Waals surface area (Å²) in [5, 5.41) is 0. The van der Waals surface area contributed by atoms with Gasteiger partial charge in [0.15, 0.2) is 6.39 Å². The lowest BCUT2D eigenvalue weighted by molar-refractivity contribution is 0.223. The monoisotopic (exact) mass is 256 g/mol. The third-order valence-electron chi connectivity index (χ3n) is 3.84. The zero-order valence-corrected chi connectivity index (χ0v) is 10.7. The van der Waals surface area contributed by atoms with Crippen molar-refractivity contribution in [2.75, 3.05) is 6.54 Å². The van der Waals surface area contributed by atoms with Crippen molar-refractivity contribution in [2.24, 2.45) is 0 Å². The summed E-state index contributed by atoms with van der Waals surface area (Å²) in [6.45, 7) is 2.74. The molecule has 3 heterocycles. The van der Waals surface area contributed by atoms with Crippen LogP contribution < -0.4 is 0 Å². The van der Waals surface area contributed by atoms with Gasteiger partial charge in [-0.05, 0) is 12.8 Å². The van der Waals surface area contributed by atoms with Crippen LogP contribution in [0.5, 0.6) is 0 Å². The normalized spacial score (nSPS) is 19.4. The van der Waals surface area contributed by atoms with Crippen LogP contribution >= 0.6 is 0 Å². The molecule has 0 saturated heterocycles. The first-order valence-electron chi connectivity index (χ1n) is 6.83. The Bertz CT molecular complexity index is 577. The lowest BCUT2D eigenvalue weighted by Gasteiger charge is -2.27. The second-order valence-electron chi connectivity index (χ2n) is 5.40. The lowest BCUT2D eigenvalue weighted by Crippen LogP contribution is -2.31. The van der Waals surface area contributed by atoms with Gasteiger partial charge in [0.1, 0.15) is 11.6 Å². The first kappa shape index (κ1) is 11.1. The minimum atomic E-state index is 0.637. The molecule has 0 radical (unpaired) electrons. The second kappa shape index (κ2) is 4.42. The van der Waals surface area contributed by atoms with Crippen LogP contribution in [0.15, 0.2) is 23.2 Å². The van der Waals surface area contributed by atoms with E-state index in [-0.39, 0.29) is 0 Å². The number of fused-ring (bicyclic) bond motifs is 1. The second-order valence-corrected chi connectivity index (χ2v) is 5.40. The molecule has 2 aliphatic rings. The summed E-state index contributed by atoms with van der Waals surface area (Å²) in [7, 11) is 0. The van der Waals surface area contributed by atoms with Crippen LogP contribution in [0.4, 0.5) is 0 Å². The summed E-state index contributed by atoms with van der Waals surface area (Å²) in [4.78, 5) is 15.5. The first-order chi connectivity index (χ1) is 9.38. The van der Waals surface area contributed by atoms with Crippen molar-refractivity contribution in [2.45, 2.75) is 38.3 Å². The van der Waals surface area contributed by atoms with E-state index < -0.39 is 0 Å². The SMILES string of the molecule is c1ncc(CN2CCc3nc(C4CC4)ncc3C2)o1. The Morgan fingerprint density at radius 3 is 3.05 bits per heavy atom. The van der Waals surface area contributed by atoms with Gasteiger partial charge >= 0.3 is 0 Å². The van der Waals surface area contributed by atoms with E-state index in [1.54, 1.807) is 6.20 Å². The van der Waals surface area contributed by atoms with E-state index in [0.717, 1.165) is 37.6 Å². The van der Waals surface area contributed by atoms with Crippen LogP contribution in [0.2, 0.25) is 0 Å². The van der Waals surface area contributed by atoms with E-state index >= 15 is 0 Å². The van der Waals surface area contributed by atoms with Gasteiger partial charge in [-0.25, -0.2) is 15.0 Å². The largest absolute Gasteiger partial charge is 0.447 e. The number of rotatable bonds is 3. The van der Waals surface area contributed by atoms with Crippen LogP contribution in [0.1, 0.15) is 41.6 Å². The van der Waals surface area contributed by atoms with Gasteiger partial charge in [0.05, 0.1) is 12.7 Å². The molecule has 5 heteroatoms. The van der Waals surface area contributed by atoms with Crippen molar-refractivity contribution in [1.29, 1.82) is 0 Å². The highest BCUT2D eigenvalue weighted by molar-refractivity contribution is 5.22. The lowest BCUT2D eigenvalue weighted by atomic mass is 10.1. The number of oxazole rings is 1. The highest BCUT2D eigenvalue weighted by Gasteiger charge is 2.28. The highest BCUT2D eigenvalue weighted by Crippen LogP contribution is 2.38. The molecular weight excluding hydrogens is 240 g/mol. The Morgan fingerprint density at radius 1 is 1.32 bits per heavy atom. The van der Waals surface area contributed by atoms with Gasteiger partial charge in [-0.2, -0.15) is 0 Å². The summed E-state index contributed by atoms with van der Waals surface area (Å²) in [5.74, 6) is 2.61. The average Bonchev–Trinajstić information content (AvgIpc) is 3.17. The molecule has 5 nitrogen and oxygen atoms in total. The zero-order chi connectivity index (χ0) is 12.7.